The lowest BCUT2D eigenvalue weighted by atomic mass is 10.1. The first-order valence-corrected chi connectivity index (χ1v) is 8.05. The van der Waals surface area contributed by atoms with Gasteiger partial charge >= 0.3 is 0 Å². The van der Waals surface area contributed by atoms with Crippen molar-refractivity contribution in [2.24, 2.45) is 0 Å². The molecule has 3 rings (SSSR count). The number of thiazole rings is 1. The molecule has 3 aromatic rings. The van der Waals surface area contributed by atoms with Gasteiger partial charge in [-0.15, -0.1) is 11.3 Å². The summed E-state index contributed by atoms with van der Waals surface area (Å²) < 4.78 is 12.9. The molecule has 1 amide bonds. The maximum atomic E-state index is 12.9. The first-order valence-electron chi connectivity index (χ1n) is 7.17. The van der Waals surface area contributed by atoms with E-state index in [1.807, 2.05) is 0 Å². The van der Waals surface area contributed by atoms with Gasteiger partial charge in [0.05, 0.1) is 5.69 Å². The summed E-state index contributed by atoms with van der Waals surface area (Å²) >= 11 is 1.29. The first kappa shape index (κ1) is 16.0. The number of ketones is 1. The summed E-state index contributed by atoms with van der Waals surface area (Å²) in [5.41, 5.74) is 2.44. The van der Waals surface area contributed by atoms with Crippen molar-refractivity contribution in [3.63, 3.8) is 0 Å². The van der Waals surface area contributed by atoms with E-state index in [2.05, 4.69) is 10.3 Å². The van der Waals surface area contributed by atoms with Crippen molar-refractivity contribution < 1.29 is 14.0 Å². The number of aromatic nitrogens is 1. The van der Waals surface area contributed by atoms with Gasteiger partial charge in [0.25, 0.3) is 5.91 Å². The Morgan fingerprint density at radius 2 is 1.62 bits per heavy atom. The number of hydrogen-bond acceptors (Lipinski definition) is 4. The second-order valence-electron chi connectivity index (χ2n) is 5.13. The normalized spacial score (nSPS) is 10.4. The number of carbonyl (C=O) groups excluding carboxylic acids is 2. The van der Waals surface area contributed by atoms with Crippen LogP contribution in [0.15, 0.2) is 53.9 Å². The summed E-state index contributed by atoms with van der Waals surface area (Å²) in [6.45, 7) is 1.47. The van der Waals surface area contributed by atoms with Crippen LogP contribution in [0.1, 0.15) is 27.6 Å². The van der Waals surface area contributed by atoms with Crippen LogP contribution in [0.3, 0.4) is 0 Å². The van der Waals surface area contributed by atoms with E-state index in [1.165, 1.54) is 30.4 Å². The van der Waals surface area contributed by atoms with Crippen LogP contribution >= 0.6 is 11.3 Å². The van der Waals surface area contributed by atoms with Gasteiger partial charge in [-0.3, -0.25) is 14.9 Å². The van der Waals surface area contributed by atoms with E-state index in [9.17, 15) is 14.0 Å². The summed E-state index contributed by atoms with van der Waals surface area (Å²) in [5.74, 6) is -0.660. The average molecular weight is 340 g/mol. The third-order valence-corrected chi connectivity index (χ3v) is 4.18. The highest BCUT2D eigenvalue weighted by molar-refractivity contribution is 7.14. The third-order valence-electron chi connectivity index (χ3n) is 3.42. The molecule has 0 atom stereocenters. The molecule has 1 heterocycles. The van der Waals surface area contributed by atoms with Gasteiger partial charge < -0.3 is 0 Å². The second-order valence-corrected chi connectivity index (χ2v) is 5.99. The van der Waals surface area contributed by atoms with Gasteiger partial charge in [0.2, 0.25) is 0 Å². The van der Waals surface area contributed by atoms with Gasteiger partial charge in [-0.25, -0.2) is 9.37 Å². The molecule has 24 heavy (non-hydrogen) atoms. The first-order chi connectivity index (χ1) is 11.5. The molecule has 120 valence electrons. The van der Waals surface area contributed by atoms with E-state index in [1.54, 1.807) is 41.8 Å². The smallest absolute Gasteiger partial charge is 0.257 e. The predicted octanol–water partition coefficient (Wildman–Crippen LogP) is 4.40. The Bertz CT molecular complexity index is 886. The van der Waals surface area contributed by atoms with Crippen molar-refractivity contribution in [1.82, 2.24) is 4.98 Å². The number of benzene rings is 2. The van der Waals surface area contributed by atoms with Gasteiger partial charge in [0, 0.05) is 22.1 Å². The number of rotatable bonds is 4. The molecular weight excluding hydrogens is 327 g/mol. The van der Waals surface area contributed by atoms with E-state index in [-0.39, 0.29) is 17.5 Å². The van der Waals surface area contributed by atoms with Crippen LogP contribution < -0.4 is 5.32 Å². The van der Waals surface area contributed by atoms with Crippen LogP contribution in [0, 0.1) is 5.82 Å². The summed E-state index contributed by atoms with van der Waals surface area (Å²) in [6.07, 6.45) is 0. The highest BCUT2D eigenvalue weighted by atomic mass is 32.1. The Kier molecular flexibility index (Phi) is 4.48. The highest BCUT2D eigenvalue weighted by Gasteiger charge is 2.10. The molecule has 0 radical (unpaired) electrons. The lowest BCUT2D eigenvalue weighted by Gasteiger charge is -2.02. The topological polar surface area (TPSA) is 59.1 Å². The zero-order valence-corrected chi connectivity index (χ0v) is 13.6. The van der Waals surface area contributed by atoms with Crippen LogP contribution in [-0.4, -0.2) is 16.7 Å². The van der Waals surface area contributed by atoms with Gasteiger partial charge in [-0.1, -0.05) is 12.1 Å². The van der Waals surface area contributed by atoms with Crippen LogP contribution in [0.25, 0.3) is 11.3 Å². The quantitative estimate of drug-likeness (QED) is 0.716. The molecule has 1 N–H and O–H groups in total. The fraction of sp³-hybridized carbons (Fsp3) is 0.0556. The lowest BCUT2D eigenvalue weighted by Crippen LogP contribution is -2.11. The molecule has 6 heteroatoms. The molecule has 0 unspecified atom stereocenters. The van der Waals surface area contributed by atoms with E-state index in [0.717, 1.165) is 5.56 Å². The molecule has 0 aliphatic carbocycles. The monoisotopic (exact) mass is 340 g/mol. The number of halogens is 1. The van der Waals surface area contributed by atoms with Crippen LogP contribution in [-0.2, 0) is 0 Å². The molecule has 0 aliphatic heterocycles. The van der Waals surface area contributed by atoms with Crippen molar-refractivity contribution >= 4 is 28.2 Å². The fourth-order valence-electron chi connectivity index (χ4n) is 2.11. The Morgan fingerprint density at radius 1 is 1.00 bits per heavy atom. The predicted molar refractivity (Wildman–Crippen MR) is 91.9 cm³/mol. The zero-order valence-electron chi connectivity index (χ0n) is 12.7. The van der Waals surface area contributed by atoms with Crippen molar-refractivity contribution in [1.29, 1.82) is 0 Å². The number of amides is 1. The molecule has 0 aliphatic rings. The Labute approximate surface area is 142 Å². The second kappa shape index (κ2) is 6.72. The van der Waals surface area contributed by atoms with E-state index in [0.29, 0.717) is 22.0 Å². The van der Waals surface area contributed by atoms with Crippen molar-refractivity contribution in [2.45, 2.75) is 6.92 Å². The van der Waals surface area contributed by atoms with Crippen LogP contribution in [0.2, 0.25) is 0 Å². The summed E-state index contributed by atoms with van der Waals surface area (Å²) in [4.78, 5) is 27.8. The van der Waals surface area contributed by atoms with E-state index < -0.39 is 0 Å². The van der Waals surface area contributed by atoms with E-state index >= 15 is 0 Å². The maximum absolute atomic E-state index is 12.9. The summed E-state index contributed by atoms with van der Waals surface area (Å²) in [7, 11) is 0. The van der Waals surface area contributed by atoms with Gasteiger partial charge in [-0.2, -0.15) is 0 Å². The summed E-state index contributed by atoms with van der Waals surface area (Å²) in [6, 6.07) is 12.4. The molecule has 1 aromatic heterocycles. The lowest BCUT2D eigenvalue weighted by molar-refractivity contribution is 0.100. The number of carbonyl (C=O) groups is 2. The molecule has 0 bridgehead atoms. The minimum absolute atomic E-state index is 0.0502. The van der Waals surface area contributed by atoms with Crippen molar-refractivity contribution in [2.75, 3.05) is 5.32 Å². The van der Waals surface area contributed by atoms with E-state index in [4.69, 9.17) is 0 Å². The van der Waals surface area contributed by atoms with Crippen LogP contribution in [0.4, 0.5) is 9.52 Å². The largest absolute Gasteiger partial charge is 0.298 e. The Balaban J connectivity index is 1.73. The fourth-order valence-corrected chi connectivity index (χ4v) is 2.82. The molecule has 0 fully saturated rings. The van der Waals surface area contributed by atoms with Gasteiger partial charge in [-0.05, 0) is 43.3 Å². The summed E-state index contributed by atoms with van der Waals surface area (Å²) in [5, 5.41) is 4.96. The minimum Gasteiger partial charge on any atom is -0.298 e. The number of Topliss-reactive ketones (excluding diaryl/α,β-unsaturated/α-hetero) is 1. The molecular formula is C18H13FN2O2S. The third kappa shape index (κ3) is 3.55. The number of anilines is 1. The highest BCUT2D eigenvalue weighted by Crippen LogP contribution is 2.25. The minimum atomic E-state index is -0.309. The molecule has 4 nitrogen and oxygen atoms in total. The maximum Gasteiger partial charge on any atom is 0.257 e. The standard InChI is InChI=1S/C18H13FN2O2S/c1-11(22)12-2-4-14(5-3-12)17(23)21-18-20-16(10-24-18)13-6-8-15(19)9-7-13/h2-10H,1H3,(H,20,21,23). The number of nitrogens with zero attached hydrogens (tertiary/aromatic N) is 1. The Hall–Kier alpha value is -2.86. The van der Waals surface area contributed by atoms with Gasteiger partial charge in [0.1, 0.15) is 5.82 Å². The zero-order chi connectivity index (χ0) is 17.1. The SMILES string of the molecule is CC(=O)c1ccc(C(=O)Nc2nc(-c3ccc(F)cc3)cs2)cc1. The molecule has 2 aromatic carbocycles. The van der Waals surface area contributed by atoms with Crippen LogP contribution in [0.5, 0.6) is 0 Å². The van der Waals surface area contributed by atoms with Crippen molar-refractivity contribution in [3.05, 3.63) is 70.9 Å². The Morgan fingerprint density at radius 3 is 2.25 bits per heavy atom. The molecule has 0 spiro atoms. The molecule has 0 saturated carbocycles. The van der Waals surface area contributed by atoms with Gasteiger partial charge in [0.15, 0.2) is 10.9 Å². The molecule has 0 saturated heterocycles. The number of nitrogens with one attached hydrogen (secondary N) is 1. The van der Waals surface area contributed by atoms with Crippen molar-refractivity contribution in [3.8, 4) is 11.3 Å². The number of hydrogen-bond donors (Lipinski definition) is 1. The average Bonchev–Trinajstić information content (AvgIpc) is 3.04.